The van der Waals surface area contributed by atoms with Gasteiger partial charge in [-0.25, -0.2) is 0 Å². The quantitative estimate of drug-likeness (QED) is 0.546. The Kier molecular flexibility index (Phi) is 4.66. The van der Waals surface area contributed by atoms with Gasteiger partial charge in [-0.3, -0.25) is 5.43 Å². The molecule has 0 amide bonds. The fourth-order valence-corrected chi connectivity index (χ4v) is 3.13. The van der Waals surface area contributed by atoms with E-state index in [-0.39, 0.29) is 0 Å². The summed E-state index contributed by atoms with van der Waals surface area (Å²) < 4.78 is 0. The highest BCUT2D eigenvalue weighted by Gasteiger charge is 2.18. The Morgan fingerprint density at radius 2 is 1.58 bits per heavy atom. The topological polar surface area (TPSA) is 24.4 Å². The number of anilines is 1. The molecule has 0 fully saturated rings. The van der Waals surface area contributed by atoms with Crippen LogP contribution in [0.4, 0.5) is 5.69 Å². The molecule has 2 aromatic carbocycles. The predicted molar refractivity (Wildman–Crippen MR) is 104 cm³/mol. The number of rotatable bonds is 4. The minimum atomic E-state index is 1.04. The first-order valence-corrected chi connectivity index (χ1v) is 8.38. The average molecular weight is 316 g/mol. The maximum absolute atomic E-state index is 4.46. The molecule has 0 saturated carbocycles. The largest absolute Gasteiger partial charge is 0.278 e. The first kappa shape index (κ1) is 16.3. The van der Waals surface area contributed by atoms with Crippen LogP contribution in [0.1, 0.15) is 43.9 Å². The number of hydrogen-bond acceptors (Lipinski definition) is 2. The second-order valence-corrected chi connectivity index (χ2v) is 6.46. The minimum absolute atomic E-state index is 1.04. The van der Waals surface area contributed by atoms with Crippen LogP contribution in [-0.2, 0) is 0 Å². The fourth-order valence-electron chi connectivity index (χ4n) is 3.13. The molecule has 0 heterocycles. The van der Waals surface area contributed by atoms with E-state index in [9.17, 15) is 0 Å². The van der Waals surface area contributed by atoms with Crippen molar-refractivity contribution < 1.29 is 0 Å². The molecule has 122 valence electrons. The minimum Gasteiger partial charge on any atom is -0.278 e. The van der Waals surface area contributed by atoms with Crippen molar-refractivity contribution in [2.75, 3.05) is 5.43 Å². The van der Waals surface area contributed by atoms with E-state index in [2.05, 4.69) is 68.6 Å². The maximum Gasteiger partial charge on any atom is 0.0590 e. The summed E-state index contributed by atoms with van der Waals surface area (Å²) in [6, 6.07) is 16.7. The van der Waals surface area contributed by atoms with E-state index < -0.39 is 0 Å². The lowest BCUT2D eigenvalue weighted by molar-refractivity contribution is 1.22. The third-order valence-corrected chi connectivity index (χ3v) is 4.92. The highest BCUT2D eigenvalue weighted by Crippen LogP contribution is 2.38. The smallest absolute Gasteiger partial charge is 0.0590 e. The van der Waals surface area contributed by atoms with Crippen LogP contribution < -0.4 is 5.43 Å². The van der Waals surface area contributed by atoms with Gasteiger partial charge in [0.1, 0.15) is 0 Å². The van der Waals surface area contributed by atoms with Crippen molar-refractivity contribution in [2.24, 2.45) is 5.10 Å². The van der Waals surface area contributed by atoms with E-state index in [4.69, 9.17) is 0 Å². The van der Waals surface area contributed by atoms with Gasteiger partial charge in [-0.15, -0.1) is 0 Å². The van der Waals surface area contributed by atoms with Crippen LogP contribution in [0, 0.1) is 6.92 Å². The van der Waals surface area contributed by atoms with Crippen LogP contribution in [0.5, 0.6) is 0 Å². The molecule has 0 radical (unpaired) electrons. The van der Waals surface area contributed by atoms with E-state index in [1.54, 1.807) is 0 Å². The van der Waals surface area contributed by atoms with Crippen LogP contribution in [0.2, 0.25) is 0 Å². The predicted octanol–water partition coefficient (Wildman–Crippen LogP) is 5.95. The van der Waals surface area contributed by atoms with E-state index >= 15 is 0 Å². The molecular weight excluding hydrogens is 292 g/mol. The van der Waals surface area contributed by atoms with Gasteiger partial charge in [-0.1, -0.05) is 48.0 Å². The lowest BCUT2D eigenvalue weighted by atomic mass is 9.96. The van der Waals surface area contributed by atoms with Gasteiger partial charge in [0.25, 0.3) is 0 Å². The molecule has 1 N–H and O–H groups in total. The molecular formula is C22H24N2. The SMILES string of the molecule is CC1=C(C)C(C)=C(c2ccccc2C=NNc2ccccc2C)C1. The second-order valence-electron chi connectivity index (χ2n) is 6.46. The third-order valence-electron chi connectivity index (χ3n) is 4.92. The van der Waals surface area contributed by atoms with E-state index in [1.165, 1.54) is 33.4 Å². The lowest BCUT2D eigenvalue weighted by Gasteiger charge is -2.10. The van der Waals surface area contributed by atoms with Crippen LogP contribution in [0.15, 0.2) is 70.4 Å². The fraction of sp³-hybridized carbons (Fsp3) is 0.227. The van der Waals surface area contributed by atoms with Gasteiger partial charge in [-0.05, 0) is 68.0 Å². The maximum atomic E-state index is 4.46. The van der Waals surface area contributed by atoms with Crippen LogP contribution in [0.25, 0.3) is 5.57 Å². The Labute approximate surface area is 144 Å². The first-order valence-electron chi connectivity index (χ1n) is 8.38. The summed E-state index contributed by atoms with van der Waals surface area (Å²) in [7, 11) is 0. The molecule has 0 unspecified atom stereocenters. The van der Waals surface area contributed by atoms with Gasteiger partial charge in [0.05, 0.1) is 11.9 Å². The van der Waals surface area contributed by atoms with Gasteiger partial charge in [0, 0.05) is 5.56 Å². The highest BCUT2D eigenvalue weighted by molar-refractivity contribution is 5.91. The Hall–Kier alpha value is -2.61. The molecule has 1 aliphatic rings. The van der Waals surface area contributed by atoms with Crippen LogP contribution >= 0.6 is 0 Å². The van der Waals surface area contributed by atoms with Crippen molar-refractivity contribution in [3.63, 3.8) is 0 Å². The molecule has 0 atom stereocenters. The van der Waals surface area contributed by atoms with Crippen molar-refractivity contribution in [3.8, 4) is 0 Å². The van der Waals surface area contributed by atoms with E-state index in [1.807, 2.05) is 24.4 Å². The molecule has 2 heteroatoms. The summed E-state index contributed by atoms with van der Waals surface area (Å²) in [6.45, 7) is 8.74. The van der Waals surface area contributed by atoms with Crippen molar-refractivity contribution in [2.45, 2.75) is 34.1 Å². The summed E-state index contributed by atoms with van der Waals surface area (Å²) in [6.07, 6.45) is 2.96. The molecule has 0 aromatic heterocycles. The van der Waals surface area contributed by atoms with Crippen molar-refractivity contribution >= 4 is 17.5 Å². The molecule has 24 heavy (non-hydrogen) atoms. The van der Waals surface area contributed by atoms with Crippen LogP contribution in [-0.4, -0.2) is 6.21 Å². The summed E-state index contributed by atoms with van der Waals surface area (Å²) in [4.78, 5) is 0. The van der Waals surface area contributed by atoms with E-state index in [0.29, 0.717) is 0 Å². The molecule has 0 aliphatic heterocycles. The Morgan fingerprint density at radius 1 is 0.875 bits per heavy atom. The average Bonchev–Trinajstić information content (AvgIpc) is 2.84. The Bertz CT molecular complexity index is 854. The second kappa shape index (κ2) is 6.88. The third kappa shape index (κ3) is 3.18. The standard InChI is InChI=1S/C22H24N2/c1-15-9-5-8-12-22(15)24-23-14-19-10-6-7-11-20(19)21-13-16(2)17(3)18(21)4/h5-12,14,24H,13H2,1-4H3. The molecule has 2 aromatic rings. The van der Waals surface area contributed by atoms with Crippen molar-refractivity contribution in [1.29, 1.82) is 0 Å². The number of aryl methyl sites for hydroxylation is 1. The molecule has 3 rings (SSSR count). The molecule has 0 saturated heterocycles. The summed E-state index contributed by atoms with van der Waals surface area (Å²) in [5, 5.41) is 4.46. The van der Waals surface area contributed by atoms with Crippen LogP contribution in [0.3, 0.4) is 0 Å². The zero-order valence-electron chi connectivity index (χ0n) is 14.9. The Morgan fingerprint density at radius 3 is 2.29 bits per heavy atom. The van der Waals surface area contributed by atoms with Gasteiger partial charge in [-0.2, -0.15) is 5.10 Å². The first-order chi connectivity index (χ1) is 11.6. The summed E-state index contributed by atoms with van der Waals surface area (Å²) in [5.74, 6) is 0. The van der Waals surface area contributed by atoms with Gasteiger partial charge >= 0.3 is 0 Å². The molecule has 1 aliphatic carbocycles. The Balaban J connectivity index is 1.86. The van der Waals surface area contributed by atoms with Gasteiger partial charge in [0.2, 0.25) is 0 Å². The highest BCUT2D eigenvalue weighted by atomic mass is 15.3. The molecule has 0 bridgehead atoms. The number of hydrogen-bond donors (Lipinski definition) is 1. The number of hydrazone groups is 1. The molecule has 0 spiro atoms. The van der Waals surface area contributed by atoms with E-state index in [0.717, 1.165) is 17.7 Å². The number of nitrogens with one attached hydrogen (secondary N) is 1. The zero-order valence-corrected chi connectivity index (χ0v) is 14.9. The normalized spacial score (nSPS) is 14.8. The van der Waals surface area contributed by atoms with Crippen molar-refractivity contribution in [1.82, 2.24) is 0 Å². The summed E-state index contributed by atoms with van der Waals surface area (Å²) >= 11 is 0. The number of allylic oxidation sites excluding steroid dienone is 4. The summed E-state index contributed by atoms with van der Waals surface area (Å²) in [5.41, 5.74) is 13.5. The lowest BCUT2D eigenvalue weighted by Crippen LogP contribution is -1.96. The number of benzene rings is 2. The zero-order chi connectivity index (χ0) is 17.1. The van der Waals surface area contributed by atoms with Crippen molar-refractivity contribution in [3.05, 3.63) is 81.9 Å². The molecule has 2 nitrogen and oxygen atoms in total. The number of para-hydroxylation sites is 1. The monoisotopic (exact) mass is 316 g/mol. The van der Waals surface area contributed by atoms with Gasteiger partial charge < -0.3 is 0 Å². The van der Waals surface area contributed by atoms with Gasteiger partial charge in [0.15, 0.2) is 0 Å². The number of nitrogens with zero attached hydrogens (tertiary/aromatic N) is 1.